The second kappa shape index (κ2) is 5.21. The Kier molecular flexibility index (Phi) is 3.80. The summed E-state index contributed by atoms with van der Waals surface area (Å²) >= 11 is 9.00. The van der Waals surface area contributed by atoms with Crippen molar-refractivity contribution in [2.24, 2.45) is 0 Å². The maximum atomic E-state index is 12.0. The average Bonchev–Trinajstić information content (AvgIpc) is 2.79. The molecule has 0 saturated carbocycles. The molecule has 0 aliphatic rings. The standard InChI is InChI=1S/C10H5BrClN3O3S/c11-8-2-1-7(4-9(8)12)19(16,17)15-10-3-6(5-13)18-14-10/h1-4H,(H,14,15). The molecule has 9 heteroatoms. The first-order valence-corrected chi connectivity index (χ1v) is 7.42. The molecule has 0 aliphatic carbocycles. The smallest absolute Gasteiger partial charge is 0.263 e. The van der Waals surface area contributed by atoms with E-state index in [1.165, 1.54) is 24.3 Å². The molecule has 0 atom stereocenters. The molecule has 98 valence electrons. The summed E-state index contributed by atoms with van der Waals surface area (Å²) in [6.07, 6.45) is 0. The highest BCUT2D eigenvalue weighted by molar-refractivity contribution is 9.10. The number of halogens is 2. The van der Waals surface area contributed by atoms with E-state index in [1.54, 1.807) is 6.07 Å². The van der Waals surface area contributed by atoms with Gasteiger partial charge in [-0.1, -0.05) is 16.8 Å². The Morgan fingerprint density at radius 3 is 2.74 bits per heavy atom. The lowest BCUT2D eigenvalue weighted by Gasteiger charge is -2.05. The van der Waals surface area contributed by atoms with E-state index < -0.39 is 10.0 Å². The van der Waals surface area contributed by atoms with Crippen molar-refractivity contribution in [3.8, 4) is 6.07 Å². The van der Waals surface area contributed by atoms with E-state index in [2.05, 4.69) is 30.3 Å². The van der Waals surface area contributed by atoms with Crippen molar-refractivity contribution in [2.45, 2.75) is 4.90 Å². The molecule has 0 spiro atoms. The van der Waals surface area contributed by atoms with E-state index in [0.717, 1.165) is 0 Å². The minimum absolute atomic E-state index is 0.0257. The zero-order valence-electron chi connectivity index (χ0n) is 9.09. The predicted octanol–water partition coefficient (Wildman–Crippen LogP) is 2.76. The highest BCUT2D eigenvalue weighted by Gasteiger charge is 2.17. The second-order valence-electron chi connectivity index (χ2n) is 3.37. The lowest BCUT2D eigenvalue weighted by molar-refractivity contribution is 0.413. The van der Waals surface area contributed by atoms with Crippen molar-refractivity contribution >= 4 is 43.4 Å². The van der Waals surface area contributed by atoms with Gasteiger partial charge in [0, 0.05) is 10.5 Å². The number of hydrogen-bond acceptors (Lipinski definition) is 5. The van der Waals surface area contributed by atoms with Gasteiger partial charge in [-0.05, 0) is 34.1 Å². The van der Waals surface area contributed by atoms with E-state index in [9.17, 15) is 8.42 Å². The van der Waals surface area contributed by atoms with E-state index in [4.69, 9.17) is 16.9 Å². The third-order valence-electron chi connectivity index (χ3n) is 2.06. The van der Waals surface area contributed by atoms with Crippen LogP contribution in [-0.4, -0.2) is 13.6 Å². The molecule has 0 radical (unpaired) electrons. The Balaban J connectivity index is 2.32. The van der Waals surface area contributed by atoms with Crippen LogP contribution < -0.4 is 4.72 Å². The molecule has 1 N–H and O–H groups in total. The van der Waals surface area contributed by atoms with Crippen LogP contribution in [-0.2, 0) is 10.0 Å². The maximum Gasteiger partial charge on any atom is 0.263 e. The van der Waals surface area contributed by atoms with Gasteiger partial charge in [-0.25, -0.2) is 8.42 Å². The summed E-state index contributed by atoms with van der Waals surface area (Å²) in [5.41, 5.74) is 0. The fourth-order valence-corrected chi connectivity index (χ4v) is 2.72. The van der Waals surface area contributed by atoms with Crippen LogP contribution in [0.1, 0.15) is 5.76 Å². The second-order valence-corrected chi connectivity index (χ2v) is 6.31. The van der Waals surface area contributed by atoms with Crippen LogP contribution in [0.4, 0.5) is 5.82 Å². The Labute approximate surface area is 122 Å². The normalized spacial score (nSPS) is 11.0. The van der Waals surface area contributed by atoms with Gasteiger partial charge in [-0.15, -0.1) is 0 Å². The van der Waals surface area contributed by atoms with Gasteiger partial charge in [0.1, 0.15) is 6.07 Å². The van der Waals surface area contributed by atoms with Crippen LogP contribution >= 0.6 is 27.5 Å². The Morgan fingerprint density at radius 2 is 2.16 bits per heavy atom. The highest BCUT2D eigenvalue weighted by atomic mass is 79.9. The van der Waals surface area contributed by atoms with Gasteiger partial charge in [-0.3, -0.25) is 4.72 Å². The van der Waals surface area contributed by atoms with E-state index >= 15 is 0 Å². The summed E-state index contributed by atoms with van der Waals surface area (Å²) in [7, 11) is -3.83. The topological polar surface area (TPSA) is 96.0 Å². The lowest BCUT2D eigenvalue weighted by atomic mass is 10.4. The van der Waals surface area contributed by atoms with E-state index in [1.807, 2.05) is 0 Å². The molecular weight excluding hydrogens is 358 g/mol. The van der Waals surface area contributed by atoms with Crippen molar-refractivity contribution in [1.82, 2.24) is 5.16 Å². The van der Waals surface area contributed by atoms with Crippen molar-refractivity contribution in [2.75, 3.05) is 4.72 Å². The molecule has 2 rings (SSSR count). The number of nitrogens with zero attached hydrogens (tertiary/aromatic N) is 2. The van der Waals surface area contributed by atoms with Crippen LogP contribution in [0.5, 0.6) is 0 Å². The van der Waals surface area contributed by atoms with Gasteiger partial charge in [0.2, 0.25) is 5.76 Å². The predicted molar refractivity (Wildman–Crippen MR) is 71.2 cm³/mol. The maximum absolute atomic E-state index is 12.0. The SMILES string of the molecule is N#Cc1cc(NS(=O)(=O)c2ccc(Br)c(Cl)c2)no1. The molecule has 19 heavy (non-hydrogen) atoms. The van der Waals surface area contributed by atoms with E-state index in [-0.39, 0.29) is 21.5 Å². The summed E-state index contributed by atoms with van der Waals surface area (Å²) < 4.78 is 31.4. The molecule has 0 bridgehead atoms. The fourth-order valence-electron chi connectivity index (χ4n) is 1.22. The number of sulfonamides is 1. The largest absolute Gasteiger partial charge is 0.343 e. The molecule has 0 fully saturated rings. The van der Waals surface area contributed by atoms with Gasteiger partial charge >= 0.3 is 0 Å². The van der Waals surface area contributed by atoms with Crippen LogP contribution in [0, 0.1) is 11.3 Å². The molecule has 0 unspecified atom stereocenters. The molecule has 0 saturated heterocycles. The summed E-state index contributed by atoms with van der Waals surface area (Å²) in [6.45, 7) is 0. The van der Waals surface area contributed by atoms with Gasteiger partial charge in [-0.2, -0.15) is 5.26 Å². The van der Waals surface area contributed by atoms with Crippen LogP contribution in [0.2, 0.25) is 5.02 Å². The average molecular weight is 363 g/mol. The summed E-state index contributed by atoms with van der Waals surface area (Å²) in [6, 6.07) is 7.06. The molecule has 0 aliphatic heterocycles. The number of hydrogen-bond donors (Lipinski definition) is 1. The third kappa shape index (κ3) is 3.07. The lowest BCUT2D eigenvalue weighted by Crippen LogP contribution is -2.13. The van der Waals surface area contributed by atoms with Crippen LogP contribution in [0.25, 0.3) is 0 Å². The summed E-state index contributed by atoms with van der Waals surface area (Å²) in [4.78, 5) is -0.0257. The first kappa shape index (κ1) is 13.9. The Morgan fingerprint density at radius 1 is 1.42 bits per heavy atom. The molecule has 1 aromatic carbocycles. The monoisotopic (exact) mass is 361 g/mol. The van der Waals surface area contributed by atoms with Gasteiger partial charge in [0.05, 0.1) is 9.92 Å². The highest BCUT2D eigenvalue weighted by Crippen LogP contribution is 2.26. The minimum atomic E-state index is -3.83. The molecule has 2 aromatic rings. The molecule has 0 amide bonds. The number of rotatable bonds is 3. The zero-order chi connectivity index (χ0) is 14.0. The van der Waals surface area contributed by atoms with Crippen molar-refractivity contribution < 1.29 is 12.9 Å². The fraction of sp³-hybridized carbons (Fsp3) is 0. The Hall–Kier alpha value is -1.56. The van der Waals surface area contributed by atoms with Gasteiger partial charge in [0.15, 0.2) is 5.82 Å². The van der Waals surface area contributed by atoms with Crippen LogP contribution in [0.3, 0.4) is 0 Å². The number of benzene rings is 1. The minimum Gasteiger partial charge on any atom is -0.343 e. The first-order chi connectivity index (χ1) is 8.92. The Bertz CT molecular complexity index is 767. The number of anilines is 1. The third-order valence-corrected chi connectivity index (χ3v) is 4.65. The summed E-state index contributed by atoms with van der Waals surface area (Å²) in [5, 5.41) is 12.2. The summed E-state index contributed by atoms with van der Waals surface area (Å²) in [5.74, 6) is -0.165. The number of aromatic nitrogens is 1. The van der Waals surface area contributed by atoms with Gasteiger partial charge < -0.3 is 4.52 Å². The molecule has 1 aromatic heterocycles. The molecule has 6 nitrogen and oxygen atoms in total. The van der Waals surface area contributed by atoms with Crippen LogP contribution in [0.15, 0.2) is 38.2 Å². The van der Waals surface area contributed by atoms with Gasteiger partial charge in [0.25, 0.3) is 10.0 Å². The van der Waals surface area contributed by atoms with Crippen molar-refractivity contribution in [3.05, 3.63) is 39.5 Å². The van der Waals surface area contributed by atoms with Crippen molar-refractivity contribution in [3.63, 3.8) is 0 Å². The zero-order valence-corrected chi connectivity index (χ0v) is 12.3. The number of nitriles is 1. The van der Waals surface area contributed by atoms with E-state index in [0.29, 0.717) is 4.47 Å². The molecule has 1 heterocycles. The quantitative estimate of drug-likeness (QED) is 0.905. The first-order valence-electron chi connectivity index (χ1n) is 4.77. The van der Waals surface area contributed by atoms with Crippen molar-refractivity contribution in [1.29, 1.82) is 5.26 Å². The number of nitrogens with one attached hydrogen (secondary N) is 1. The molecular formula is C10H5BrClN3O3S.